The van der Waals surface area contributed by atoms with Crippen molar-refractivity contribution >= 4 is 22.6 Å². The van der Waals surface area contributed by atoms with Crippen molar-refractivity contribution in [1.82, 2.24) is 0 Å². The summed E-state index contributed by atoms with van der Waals surface area (Å²) in [4.78, 5) is 14.0. The number of rotatable bonds is 5. The average Bonchev–Trinajstić information content (AvgIpc) is 3.65. The zero-order chi connectivity index (χ0) is 36.2. The number of benzene rings is 5. The monoisotopic (exact) mass is 692 g/mol. The quantitative estimate of drug-likeness (QED) is 0.183. The molecule has 0 bridgehead atoms. The largest absolute Gasteiger partial charge is 0.497 e. The number of hydrogen-bond donors (Lipinski definition) is 0. The lowest BCUT2D eigenvalue weighted by molar-refractivity contribution is 0.0641. The van der Waals surface area contributed by atoms with Crippen LogP contribution in [0.25, 0.3) is 28.0 Å². The first kappa shape index (κ1) is 32.7. The van der Waals surface area contributed by atoms with Crippen molar-refractivity contribution in [3.05, 3.63) is 118 Å². The van der Waals surface area contributed by atoms with Crippen molar-refractivity contribution in [3.8, 4) is 39.9 Å². The van der Waals surface area contributed by atoms with Gasteiger partial charge in [-0.2, -0.15) is 0 Å². The molecule has 0 aromatic heterocycles. The third-order valence-corrected chi connectivity index (χ3v) is 11.8. The van der Waals surface area contributed by atoms with Crippen LogP contribution in [0.1, 0.15) is 85.1 Å². The van der Waals surface area contributed by atoms with Crippen LogP contribution in [0.2, 0.25) is 0 Å². The van der Waals surface area contributed by atoms with E-state index in [2.05, 4.69) is 88.4 Å². The topological polar surface area (TPSA) is 63.2 Å². The van der Waals surface area contributed by atoms with Crippen LogP contribution in [-0.4, -0.2) is 33.7 Å². The molecule has 2 heterocycles. The van der Waals surface area contributed by atoms with E-state index in [0.717, 1.165) is 69.5 Å². The van der Waals surface area contributed by atoms with Crippen LogP contribution in [-0.2, 0) is 11.0 Å². The van der Waals surface area contributed by atoms with E-state index in [0.29, 0.717) is 17.1 Å². The number of carbonyl (C=O) groups excluding carboxylic acids is 1. The minimum atomic E-state index is -1.01. The molecule has 264 valence electrons. The Morgan fingerprint density at radius 1 is 0.692 bits per heavy atom. The van der Waals surface area contributed by atoms with Crippen LogP contribution < -0.4 is 23.7 Å². The molecule has 1 spiro atoms. The molecule has 2 aliphatic carbocycles. The van der Waals surface area contributed by atoms with Gasteiger partial charge in [-0.15, -0.1) is 0 Å². The van der Waals surface area contributed by atoms with Crippen LogP contribution in [0, 0.1) is 10.8 Å². The van der Waals surface area contributed by atoms with E-state index in [1.165, 1.54) is 16.7 Å². The van der Waals surface area contributed by atoms with Gasteiger partial charge in [-0.05, 0) is 88.8 Å². The molecule has 2 aliphatic heterocycles. The third kappa shape index (κ3) is 4.52. The molecule has 6 heteroatoms. The van der Waals surface area contributed by atoms with E-state index < -0.39 is 5.60 Å². The second-order valence-electron chi connectivity index (χ2n) is 16.5. The first-order chi connectivity index (χ1) is 24.9. The van der Waals surface area contributed by atoms with Crippen molar-refractivity contribution in [2.75, 3.05) is 27.9 Å². The fourth-order valence-corrected chi connectivity index (χ4v) is 10.7. The van der Waals surface area contributed by atoms with Crippen molar-refractivity contribution in [3.63, 3.8) is 0 Å². The van der Waals surface area contributed by atoms with Gasteiger partial charge in [0, 0.05) is 32.9 Å². The maximum Gasteiger partial charge on any atom is 0.204 e. The molecule has 1 saturated carbocycles. The fourth-order valence-electron chi connectivity index (χ4n) is 10.7. The molecule has 4 aliphatic rings. The Balaban J connectivity index is 1.43. The number of ether oxygens (including phenoxy) is 5. The molecule has 0 amide bonds. The summed E-state index contributed by atoms with van der Waals surface area (Å²) < 4.78 is 30.8. The number of Topliss-reactive ketones (excluding diaryl/α,β-unsaturated/α-hetero) is 1. The molecule has 5 aromatic carbocycles. The molecule has 9 rings (SSSR count). The molecule has 6 nitrogen and oxygen atoms in total. The highest BCUT2D eigenvalue weighted by atomic mass is 16.5. The number of methoxy groups -OCH3 is 3. The molecular formula is C46H44O6. The normalized spacial score (nSPS) is 19.2. The van der Waals surface area contributed by atoms with Crippen molar-refractivity contribution in [2.45, 2.75) is 58.0 Å². The van der Waals surface area contributed by atoms with Gasteiger partial charge in [-0.1, -0.05) is 82.3 Å². The molecule has 5 aromatic rings. The van der Waals surface area contributed by atoms with Gasteiger partial charge >= 0.3 is 0 Å². The van der Waals surface area contributed by atoms with Crippen LogP contribution in [0.4, 0.5) is 0 Å². The lowest BCUT2D eigenvalue weighted by Crippen LogP contribution is -2.44. The van der Waals surface area contributed by atoms with E-state index in [9.17, 15) is 4.79 Å². The van der Waals surface area contributed by atoms with Crippen molar-refractivity contribution in [2.24, 2.45) is 10.8 Å². The van der Waals surface area contributed by atoms with Crippen molar-refractivity contribution < 1.29 is 28.5 Å². The van der Waals surface area contributed by atoms with E-state index in [1.807, 2.05) is 30.3 Å². The molecule has 1 fully saturated rings. The Kier molecular flexibility index (Phi) is 6.99. The molecule has 0 saturated heterocycles. The smallest absolute Gasteiger partial charge is 0.204 e. The SMILES string of the molecule is COc1ccc(C2(c3ccc(OC)cc3)C=Cc3c4c(c5c6c(c(OC)cc5c3O2)OCC6=O)-c2ccccc2C42CC(C)(C)CC(C)(C)C2)cc1. The molecular weight excluding hydrogens is 648 g/mol. The first-order valence-corrected chi connectivity index (χ1v) is 18.1. The van der Waals surface area contributed by atoms with Gasteiger partial charge < -0.3 is 23.7 Å². The van der Waals surface area contributed by atoms with Gasteiger partial charge in [0.2, 0.25) is 5.78 Å². The third-order valence-electron chi connectivity index (χ3n) is 11.8. The summed E-state index contributed by atoms with van der Waals surface area (Å²) in [6, 6.07) is 27.0. The molecule has 52 heavy (non-hydrogen) atoms. The summed E-state index contributed by atoms with van der Waals surface area (Å²) in [7, 11) is 4.98. The van der Waals surface area contributed by atoms with Crippen LogP contribution in [0.5, 0.6) is 28.7 Å². The van der Waals surface area contributed by atoms with Gasteiger partial charge in [0.15, 0.2) is 23.7 Å². The highest BCUT2D eigenvalue weighted by Gasteiger charge is 2.56. The summed E-state index contributed by atoms with van der Waals surface area (Å²) >= 11 is 0. The van der Waals surface area contributed by atoms with Crippen LogP contribution in [0.15, 0.2) is 84.9 Å². The number of fused-ring (bicyclic) bond motifs is 12. The Hall–Kier alpha value is -5.23. The summed E-state index contributed by atoms with van der Waals surface area (Å²) in [6.45, 7) is 9.62. The minimum Gasteiger partial charge on any atom is -0.497 e. The van der Waals surface area contributed by atoms with E-state index in [4.69, 9.17) is 23.7 Å². The van der Waals surface area contributed by atoms with Crippen molar-refractivity contribution in [1.29, 1.82) is 0 Å². The first-order valence-electron chi connectivity index (χ1n) is 18.1. The summed E-state index contributed by atoms with van der Waals surface area (Å²) in [5, 5.41) is 1.71. The lowest BCUT2D eigenvalue weighted by atomic mass is 9.52. The van der Waals surface area contributed by atoms with Crippen LogP contribution >= 0.6 is 0 Å². The van der Waals surface area contributed by atoms with E-state index in [1.54, 1.807) is 21.3 Å². The Bertz CT molecular complexity index is 2260. The van der Waals surface area contributed by atoms with E-state index >= 15 is 0 Å². The summed E-state index contributed by atoms with van der Waals surface area (Å²) in [6.07, 6.45) is 7.57. The summed E-state index contributed by atoms with van der Waals surface area (Å²) in [5.41, 5.74) is 7.20. The average molecular weight is 693 g/mol. The van der Waals surface area contributed by atoms with Gasteiger partial charge in [-0.25, -0.2) is 0 Å². The highest BCUT2D eigenvalue weighted by molar-refractivity contribution is 6.21. The number of hydrogen-bond acceptors (Lipinski definition) is 6. The van der Waals surface area contributed by atoms with Crippen LogP contribution in [0.3, 0.4) is 0 Å². The highest BCUT2D eigenvalue weighted by Crippen LogP contribution is 2.67. The summed E-state index contributed by atoms with van der Waals surface area (Å²) in [5.74, 6) is 3.24. The maximum atomic E-state index is 14.0. The zero-order valence-corrected chi connectivity index (χ0v) is 30.9. The molecule has 0 radical (unpaired) electrons. The molecule has 0 atom stereocenters. The molecule has 0 unspecified atom stereocenters. The fraction of sp³-hybridized carbons (Fsp3) is 0.326. The van der Waals surface area contributed by atoms with Gasteiger partial charge in [0.25, 0.3) is 0 Å². The predicted molar refractivity (Wildman–Crippen MR) is 204 cm³/mol. The Morgan fingerprint density at radius 2 is 1.31 bits per heavy atom. The number of ketones is 1. The number of carbonyl (C=O) groups is 1. The second-order valence-corrected chi connectivity index (χ2v) is 16.5. The lowest BCUT2D eigenvalue weighted by Gasteiger charge is -2.52. The van der Waals surface area contributed by atoms with Gasteiger partial charge in [-0.3, -0.25) is 4.79 Å². The molecule has 0 N–H and O–H groups in total. The standard InChI is InChI=1S/C46H44O6/c1-43(2)24-44(3,4)26-45(25-43)34-11-9-8-10-31(34)38-37-33(22-36(50-7)42-39(37)35(47)23-51-42)41-32(40(38)45)20-21-46(52-41,27-12-16-29(48-5)17-13-27)28-14-18-30(49-6)19-15-28/h8-22H,23-26H2,1-7H3. The predicted octanol–water partition coefficient (Wildman–Crippen LogP) is 10.3. The minimum absolute atomic E-state index is 0.0219. The van der Waals surface area contributed by atoms with Gasteiger partial charge in [0.1, 0.15) is 17.2 Å². The zero-order valence-electron chi connectivity index (χ0n) is 30.9. The van der Waals surface area contributed by atoms with Gasteiger partial charge in [0.05, 0.1) is 26.9 Å². The van der Waals surface area contributed by atoms with E-state index in [-0.39, 0.29) is 28.6 Å². The Morgan fingerprint density at radius 3 is 1.90 bits per heavy atom. The maximum absolute atomic E-state index is 14.0. The second kappa shape index (κ2) is 11.1. The Labute approximate surface area is 305 Å².